The van der Waals surface area contributed by atoms with Gasteiger partial charge in [-0.25, -0.2) is 0 Å². The highest BCUT2D eigenvalue weighted by atomic mass is 16.2. The first-order valence-electron chi connectivity index (χ1n) is 8.12. The van der Waals surface area contributed by atoms with Gasteiger partial charge in [-0.2, -0.15) is 5.26 Å². The van der Waals surface area contributed by atoms with Gasteiger partial charge >= 0.3 is 0 Å². The molecule has 4 aliphatic rings. The highest BCUT2D eigenvalue weighted by Crippen LogP contribution is 2.54. The number of nitriles is 1. The van der Waals surface area contributed by atoms with Gasteiger partial charge in [0.1, 0.15) is 6.04 Å². The van der Waals surface area contributed by atoms with Crippen LogP contribution in [0.25, 0.3) is 0 Å². The Hall–Kier alpha value is -1.08. The Balaban J connectivity index is 1.55. The first kappa shape index (κ1) is 12.6. The summed E-state index contributed by atoms with van der Waals surface area (Å²) in [5.41, 5.74) is 6.49. The minimum Gasteiger partial charge on any atom is -0.322 e. The molecule has 5 unspecified atom stereocenters. The van der Waals surface area contributed by atoms with Gasteiger partial charge in [-0.05, 0) is 55.8 Å². The largest absolute Gasteiger partial charge is 0.322 e. The van der Waals surface area contributed by atoms with Gasteiger partial charge in [0.2, 0.25) is 5.91 Å². The molecule has 0 aromatic rings. The quantitative estimate of drug-likeness (QED) is 0.834. The van der Waals surface area contributed by atoms with Gasteiger partial charge in [-0.1, -0.05) is 12.8 Å². The monoisotopic (exact) mass is 273 g/mol. The smallest absolute Gasteiger partial charge is 0.241 e. The lowest BCUT2D eigenvalue weighted by molar-refractivity contribution is -0.137. The van der Waals surface area contributed by atoms with Gasteiger partial charge in [0, 0.05) is 6.04 Å². The number of nitrogens with zero attached hydrogens (tertiary/aromatic N) is 2. The molecule has 0 spiro atoms. The van der Waals surface area contributed by atoms with Crippen LogP contribution in [0.4, 0.5) is 0 Å². The third kappa shape index (κ3) is 1.65. The average Bonchev–Trinajstić information content (AvgIpc) is 3.04. The summed E-state index contributed by atoms with van der Waals surface area (Å²) in [5, 5.41) is 9.26. The number of rotatable bonds is 2. The predicted molar refractivity (Wildman–Crippen MR) is 74.4 cm³/mol. The van der Waals surface area contributed by atoms with Gasteiger partial charge < -0.3 is 10.6 Å². The summed E-state index contributed by atoms with van der Waals surface area (Å²) >= 11 is 0. The molecular weight excluding hydrogens is 250 g/mol. The summed E-state index contributed by atoms with van der Waals surface area (Å²) in [6.07, 6.45) is 9.10. The molecule has 1 aliphatic heterocycles. The Morgan fingerprint density at radius 1 is 1.35 bits per heavy atom. The van der Waals surface area contributed by atoms with E-state index in [9.17, 15) is 10.1 Å². The zero-order valence-electron chi connectivity index (χ0n) is 11.9. The second-order valence-corrected chi connectivity index (χ2v) is 7.53. The van der Waals surface area contributed by atoms with Crippen LogP contribution in [0, 0.1) is 28.6 Å². The van der Waals surface area contributed by atoms with Gasteiger partial charge in [0.25, 0.3) is 0 Å². The summed E-state index contributed by atoms with van der Waals surface area (Å²) in [5.74, 6) is 1.45. The molecule has 3 aliphatic carbocycles. The molecule has 4 heteroatoms. The second kappa shape index (κ2) is 4.21. The van der Waals surface area contributed by atoms with Crippen molar-refractivity contribution >= 4 is 5.91 Å². The minimum absolute atomic E-state index is 0.0486. The Bertz CT molecular complexity index is 481. The maximum absolute atomic E-state index is 12.9. The molecule has 0 radical (unpaired) electrons. The molecule has 1 saturated heterocycles. The van der Waals surface area contributed by atoms with Gasteiger partial charge in [-0.3, -0.25) is 4.79 Å². The maximum Gasteiger partial charge on any atom is 0.241 e. The molecule has 108 valence electrons. The Labute approximate surface area is 120 Å². The number of piperidine rings is 1. The lowest BCUT2D eigenvalue weighted by Gasteiger charge is -2.40. The molecule has 6 atom stereocenters. The molecule has 4 rings (SSSR count). The van der Waals surface area contributed by atoms with Gasteiger partial charge in [-0.15, -0.1) is 0 Å². The number of nitrogens with two attached hydrogens (primary N) is 1. The van der Waals surface area contributed by atoms with E-state index in [0.717, 1.165) is 38.0 Å². The molecule has 2 bridgehead atoms. The molecule has 4 nitrogen and oxygen atoms in total. The van der Waals surface area contributed by atoms with Crippen LogP contribution in [0.15, 0.2) is 0 Å². The van der Waals surface area contributed by atoms with E-state index >= 15 is 0 Å². The maximum atomic E-state index is 12.9. The number of carbonyl (C=O) groups excluding carboxylic acids is 1. The standard InChI is InChI=1S/C16H23N3O/c17-9-12-6-11-7-13(11)19(12)15(20)14(18)16-4-1-2-10(8-16)3-5-16/h10-14H,1-8,18H2/t10?,11?,12?,13?,14-,16?/m1/s1. The summed E-state index contributed by atoms with van der Waals surface area (Å²) < 4.78 is 0. The van der Waals surface area contributed by atoms with Crippen molar-refractivity contribution in [3.8, 4) is 6.07 Å². The summed E-state index contributed by atoms with van der Waals surface area (Å²) in [6.45, 7) is 0. The van der Waals surface area contributed by atoms with E-state index in [1.54, 1.807) is 0 Å². The van der Waals surface area contributed by atoms with Gasteiger partial charge in [0.05, 0.1) is 12.1 Å². The Kier molecular flexibility index (Phi) is 2.66. The van der Waals surface area contributed by atoms with E-state index in [1.807, 2.05) is 4.90 Å². The van der Waals surface area contributed by atoms with Crippen molar-refractivity contribution in [1.82, 2.24) is 4.90 Å². The highest BCUT2D eigenvalue weighted by molar-refractivity contribution is 5.84. The molecule has 3 saturated carbocycles. The number of likely N-dealkylation sites (tertiary alicyclic amines) is 1. The van der Waals surface area contributed by atoms with Crippen molar-refractivity contribution in [2.75, 3.05) is 0 Å². The van der Waals surface area contributed by atoms with E-state index in [4.69, 9.17) is 5.73 Å². The van der Waals surface area contributed by atoms with E-state index in [2.05, 4.69) is 6.07 Å². The van der Waals surface area contributed by atoms with Crippen LogP contribution in [0.5, 0.6) is 0 Å². The first-order chi connectivity index (χ1) is 9.64. The topological polar surface area (TPSA) is 70.1 Å². The zero-order valence-corrected chi connectivity index (χ0v) is 11.9. The van der Waals surface area contributed by atoms with Crippen molar-refractivity contribution in [3.63, 3.8) is 0 Å². The fourth-order valence-electron chi connectivity index (χ4n) is 5.24. The van der Waals surface area contributed by atoms with Gasteiger partial charge in [0.15, 0.2) is 0 Å². The molecular formula is C16H23N3O. The van der Waals surface area contributed by atoms with Crippen LogP contribution >= 0.6 is 0 Å². The minimum atomic E-state index is -0.372. The van der Waals surface area contributed by atoms with E-state index < -0.39 is 0 Å². The molecule has 2 N–H and O–H groups in total. The van der Waals surface area contributed by atoms with Crippen LogP contribution in [-0.4, -0.2) is 28.9 Å². The van der Waals surface area contributed by atoms with Crippen molar-refractivity contribution < 1.29 is 4.79 Å². The third-order valence-corrected chi connectivity index (χ3v) is 6.47. The third-order valence-electron chi connectivity index (χ3n) is 6.47. The number of hydrogen-bond donors (Lipinski definition) is 1. The molecule has 0 aromatic heterocycles. The van der Waals surface area contributed by atoms with Crippen molar-refractivity contribution in [3.05, 3.63) is 0 Å². The summed E-state index contributed by atoms with van der Waals surface area (Å²) in [7, 11) is 0. The molecule has 1 heterocycles. The fourth-order valence-corrected chi connectivity index (χ4v) is 5.24. The van der Waals surface area contributed by atoms with E-state index in [-0.39, 0.29) is 23.4 Å². The van der Waals surface area contributed by atoms with Crippen LogP contribution in [-0.2, 0) is 4.79 Å². The number of amides is 1. The van der Waals surface area contributed by atoms with Crippen molar-refractivity contribution in [2.24, 2.45) is 23.0 Å². The summed E-state index contributed by atoms with van der Waals surface area (Å²) in [6, 6.07) is 2.05. The zero-order chi connectivity index (χ0) is 13.9. The average molecular weight is 273 g/mol. The molecule has 1 amide bonds. The van der Waals surface area contributed by atoms with E-state index in [1.165, 1.54) is 19.3 Å². The van der Waals surface area contributed by atoms with Crippen molar-refractivity contribution in [2.45, 2.75) is 69.5 Å². The predicted octanol–water partition coefficient (Wildman–Crippen LogP) is 1.80. The molecule has 0 aromatic carbocycles. The SMILES string of the molecule is N#CC1CC2CC2N1C(=O)[C@@H](N)C12CCCC(CC1)C2. The molecule has 20 heavy (non-hydrogen) atoms. The number of fused-ring (bicyclic) bond motifs is 3. The fraction of sp³-hybridized carbons (Fsp3) is 0.875. The van der Waals surface area contributed by atoms with E-state index in [0.29, 0.717) is 12.0 Å². The normalized spacial score (nSPS) is 46.7. The lowest BCUT2D eigenvalue weighted by atomic mass is 9.70. The van der Waals surface area contributed by atoms with Crippen LogP contribution in [0.2, 0.25) is 0 Å². The van der Waals surface area contributed by atoms with Crippen LogP contribution in [0.1, 0.15) is 51.4 Å². The number of carbonyl (C=O) groups is 1. The number of hydrogen-bond acceptors (Lipinski definition) is 3. The first-order valence-corrected chi connectivity index (χ1v) is 8.12. The Morgan fingerprint density at radius 2 is 2.20 bits per heavy atom. The van der Waals surface area contributed by atoms with Crippen molar-refractivity contribution in [1.29, 1.82) is 5.26 Å². The lowest BCUT2D eigenvalue weighted by Crippen LogP contribution is -2.55. The Morgan fingerprint density at radius 3 is 3.00 bits per heavy atom. The van der Waals surface area contributed by atoms with Crippen LogP contribution < -0.4 is 5.73 Å². The second-order valence-electron chi connectivity index (χ2n) is 7.53. The highest BCUT2D eigenvalue weighted by Gasteiger charge is 2.57. The van der Waals surface area contributed by atoms with Crippen LogP contribution in [0.3, 0.4) is 0 Å². The summed E-state index contributed by atoms with van der Waals surface area (Å²) in [4.78, 5) is 14.7. The molecule has 4 fully saturated rings.